The Morgan fingerprint density at radius 1 is 1.45 bits per heavy atom. The first-order valence-corrected chi connectivity index (χ1v) is 10.2. The van der Waals surface area contributed by atoms with Gasteiger partial charge in [0.15, 0.2) is 9.84 Å². The Kier molecular flexibility index (Phi) is 4.01. The van der Waals surface area contributed by atoms with Crippen LogP contribution in [0.5, 0.6) is 0 Å². The number of thioether (sulfide) groups is 1. The Morgan fingerprint density at radius 3 is 3.10 bits per heavy atom. The summed E-state index contributed by atoms with van der Waals surface area (Å²) in [6, 6.07) is 2.11. The summed E-state index contributed by atoms with van der Waals surface area (Å²) in [4.78, 5) is 10.9. The zero-order valence-electron chi connectivity index (χ0n) is 11.2. The highest BCUT2D eigenvalue weighted by Gasteiger charge is 2.25. The third-order valence-electron chi connectivity index (χ3n) is 3.43. The average Bonchev–Trinajstić information content (AvgIpc) is 2.76. The van der Waals surface area contributed by atoms with Crippen molar-refractivity contribution in [3.05, 3.63) is 17.3 Å². The number of rotatable bonds is 3. The molecular weight excluding hydrogens is 312 g/mol. The van der Waals surface area contributed by atoms with E-state index in [1.54, 1.807) is 29.4 Å². The molecule has 108 valence electrons. The van der Waals surface area contributed by atoms with E-state index >= 15 is 0 Å². The van der Waals surface area contributed by atoms with E-state index in [4.69, 9.17) is 0 Å². The van der Waals surface area contributed by atoms with Crippen molar-refractivity contribution in [3.8, 4) is 0 Å². The monoisotopic (exact) mass is 328 g/mol. The van der Waals surface area contributed by atoms with Gasteiger partial charge in [0, 0.05) is 16.0 Å². The molecule has 2 aromatic heterocycles. The molecule has 1 saturated heterocycles. The third-order valence-corrected chi connectivity index (χ3v) is 7.51. The summed E-state index contributed by atoms with van der Waals surface area (Å²) in [6.45, 7) is 2.06. The van der Waals surface area contributed by atoms with Gasteiger partial charge in [0.25, 0.3) is 0 Å². The fourth-order valence-corrected chi connectivity index (χ4v) is 6.46. The van der Waals surface area contributed by atoms with Crippen molar-refractivity contribution >= 4 is 43.2 Å². The second-order valence-electron chi connectivity index (χ2n) is 5.19. The molecule has 0 aromatic carbocycles. The Bertz CT molecular complexity index is 724. The standard InChI is InChI=1S/C13H16N2O2S3/c1-9-5-11-12(14-8-15-13(11)19-9)18-6-10-3-2-4-20(16,17)7-10/h5,8,10H,2-4,6-7H2,1H3/t10-/m0/s1. The molecule has 3 heterocycles. The zero-order valence-corrected chi connectivity index (χ0v) is 13.7. The molecule has 20 heavy (non-hydrogen) atoms. The van der Waals surface area contributed by atoms with Crippen molar-refractivity contribution in [2.45, 2.75) is 24.8 Å². The predicted molar refractivity (Wildman–Crippen MR) is 84.3 cm³/mol. The summed E-state index contributed by atoms with van der Waals surface area (Å²) >= 11 is 3.33. The van der Waals surface area contributed by atoms with Crippen LogP contribution in [0, 0.1) is 12.8 Å². The van der Waals surface area contributed by atoms with Crippen molar-refractivity contribution in [2.24, 2.45) is 5.92 Å². The van der Waals surface area contributed by atoms with Crippen LogP contribution in [0.2, 0.25) is 0 Å². The van der Waals surface area contributed by atoms with Crippen LogP contribution in [0.1, 0.15) is 17.7 Å². The van der Waals surface area contributed by atoms with E-state index < -0.39 is 9.84 Å². The van der Waals surface area contributed by atoms with Crippen LogP contribution in [0.25, 0.3) is 10.2 Å². The second-order valence-corrected chi connectivity index (χ2v) is 9.66. The lowest BCUT2D eigenvalue weighted by atomic mass is 10.1. The minimum absolute atomic E-state index is 0.253. The average molecular weight is 328 g/mol. The molecule has 0 radical (unpaired) electrons. The van der Waals surface area contributed by atoms with E-state index in [0.717, 1.165) is 33.8 Å². The van der Waals surface area contributed by atoms with Crippen molar-refractivity contribution in [3.63, 3.8) is 0 Å². The lowest BCUT2D eigenvalue weighted by molar-refractivity contribution is 0.521. The fourth-order valence-electron chi connectivity index (χ4n) is 2.52. The number of aryl methyl sites for hydroxylation is 1. The van der Waals surface area contributed by atoms with Gasteiger partial charge in [-0.05, 0) is 31.7 Å². The lowest BCUT2D eigenvalue weighted by Gasteiger charge is -2.21. The minimum atomic E-state index is -2.82. The molecule has 0 spiro atoms. The molecule has 1 aliphatic rings. The number of fused-ring (bicyclic) bond motifs is 1. The molecule has 1 atom stereocenters. The Balaban J connectivity index is 1.74. The molecule has 0 bridgehead atoms. The first-order chi connectivity index (χ1) is 9.53. The number of sulfone groups is 1. The summed E-state index contributed by atoms with van der Waals surface area (Å²) in [7, 11) is -2.82. The van der Waals surface area contributed by atoms with Crippen LogP contribution in [0.15, 0.2) is 17.4 Å². The predicted octanol–water partition coefficient (Wildman–Crippen LogP) is 2.92. The lowest BCUT2D eigenvalue weighted by Crippen LogP contribution is -2.26. The molecule has 0 unspecified atom stereocenters. The fraction of sp³-hybridized carbons (Fsp3) is 0.538. The molecule has 0 aliphatic carbocycles. The molecule has 3 rings (SSSR count). The van der Waals surface area contributed by atoms with E-state index in [9.17, 15) is 8.42 Å². The van der Waals surface area contributed by atoms with Crippen LogP contribution in [0.4, 0.5) is 0 Å². The van der Waals surface area contributed by atoms with Crippen molar-refractivity contribution in [2.75, 3.05) is 17.3 Å². The largest absolute Gasteiger partial charge is 0.229 e. The third kappa shape index (κ3) is 3.15. The van der Waals surface area contributed by atoms with Gasteiger partial charge >= 0.3 is 0 Å². The van der Waals surface area contributed by atoms with Gasteiger partial charge in [-0.2, -0.15) is 0 Å². The summed E-state index contributed by atoms with van der Waals surface area (Å²) < 4.78 is 23.3. The zero-order chi connectivity index (χ0) is 14.2. The molecular formula is C13H16N2O2S3. The molecule has 1 fully saturated rings. The van der Waals surface area contributed by atoms with E-state index in [2.05, 4.69) is 23.0 Å². The number of hydrogen-bond donors (Lipinski definition) is 0. The molecule has 1 aliphatic heterocycles. The van der Waals surface area contributed by atoms with Crippen molar-refractivity contribution in [1.29, 1.82) is 0 Å². The Hall–Kier alpha value is -0.660. The molecule has 0 saturated carbocycles. The van der Waals surface area contributed by atoms with Gasteiger partial charge in [-0.1, -0.05) is 0 Å². The Labute approximate surface area is 126 Å². The quantitative estimate of drug-likeness (QED) is 0.640. The summed E-state index contributed by atoms with van der Waals surface area (Å²) in [5, 5.41) is 2.07. The second kappa shape index (κ2) is 5.61. The highest BCUT2D eigenvalue weighted by Crippen LogP contribution is 2.32. The van der Waals surface area contributed by atoms with Crippen molar-refractivity contribution in [1.82, 2.24) is 9.97 Å². The number of aromatic nitrogens is 2. The van der Waals surface area contributed by atoms with Gasteiger partial charge in [-0.3, -0.25) is 0 Å². The summed E-state index contributed by atoms with van der Waals surface area (Å²) in [6.07, 6.45) is 3.39. The normalized spacial score (nSPS) is 22.1. The van der Waals surface area contributed by atoms with Gasteiger partial charge in [-0.15, -0.1) is 23.1 Å². The minimum Gasteiger partial charge on any atom is -0.229 e. The SMILES string of the molecule is Cc1cc2c(SC[C@@H]3CCCS(=O)(=O)C3)ncnc2s1. The maximum Gasteiger partial charge on any atom is 0.150 e. The van der Waals surface area contributed by atoms with Crippen LogP contribution < -0.4 is 0 Å². The van der Waals surface area contributed by atoms with E-state index in [-0.39, 0.29) is 5.92 Å². The first kappa shape index (κ1) is 14.3. The summed E-state index contributed by atoms with van der Waals surface area (Å²) in [5.41, 5.74) is 0. The van der Waals surface area contributed by atoms with Crippen LogP contribution in [0.3, 0.4) is 0 Å². The first-order valence-electron chi connectivity index (χ1n) is 6.58. The molecule has 2 aromatic rings. The molecule has 0 amide bonds. The molecule has 4 nitrogen and oxygen atoms in total. The maximum absolute atomic E-state index is 11.7. The van der Waals surface area contributed by atoms with E-state index in [1.807, 2.05) is 0 Å². The van der Waals surface area contributed by atoms with Gasteiger partial charge in [-0.25, -0.2) is 18.4 Å². The highest BCUT2D eigenvalue weighted by molar-refractivity contribution is 7.99. The topological polar surface area (TPSA) is 59.9 Å². The Morgan fingerprint density at radius 2 is 2.30 bits per heavy atom. The van der Waals surface area contributed by atoms with E-state index in [1.165, 1.54) is 4.88 Å². The van der Waals surface area contributed by atoms with Gasteiger partial charge in [0.1, 0.15) is 16.2 Å². The van der Waals surface area contributed by atoms with E-state index in [0.29, 0.717) is 11.5 Å². The maximum atomic E-state index is 11.7. The summed E-state index contributed by atoms with van der Waals surface area (Å²) in [5.74, 6) is 1.76. The van der Waals surface area contributed by atoms with Gasteiger partial charge < -0.3 is 0 Å². The molecule has 0 N–H and O–H groups in total. The molecule has 7 heteroatoms. The smallest absolute Gasteiger partial charge is 0.150 e. The van der Waals surface area contributed by atoms with Gasteiger partial charge in [0.05, 0.1) is 11.5 Å². The number of thiophene rings is 1. The highest BCUT2D eigenvalue weighted by atomic mass is 32.2. The van der Waals surface area contributed by atoms with Crippen LogP contribution in [-0.2, 0) is 9.84 Å². The van der Waals surface area contributed by atoms with Crippen LogP contribution in [-0.4, -0.2) is 35.6 Å². The van der Waals surface area contributed by atoms with Gasteiger partial charge in [0.2, 0.25) is 0 Å². The number of hydrogen-bond acceptors (Lipinski definition) is 6. The number of nitrogens with zero attached hydrogens (tertiary/aromatic N) is 2. The van der Waals surface area contributed by atoms with Crippen molar-refractivity contribution < 1.29 is 8.42 Å². The van der Waals surface area contributed by atoms with Crippen LogP contribution >= 0.6 is 23.1 Å².